The number of benzene rings is 2. The van der Waals surface area contributed by atoms with Crippen LogP contribution in [-0.4, -0.2) is 35.8 Å². The summed E-state index contributed by atoms with van der Waals surface area (Å²) in [4.78, 5) is 18.6. The van der Waals surface area contributed by atoms with Crippen molar-refractivity contribution in [1.29, 1.82) is 0 Å². The standard InChI is InChI=1S/C28H30N2O4S/c1-18(2)19(3)34-25(31)17-30-16-6-7-24(30)28-29-26(20-8-12-22(32-4)13-9-20)27(35-28)21-10-14-23(33-5)15-11-21/h6-16,18-19H,17H2,1-5H3. The predicted octanol–water partition coefficient (Wildman–Crippen LogP) is 6.55. The summed E-state index contributed by atoms with van der Waals surface area (Å²) in [7, 11) is 3.31. The third-order valence-corrected chi connectivity index (χ3v) is 7.07. The highest BCUT2D eigenvalue weighted by molar-refractivity contribution is 7.18. The van der Waals surface area contributed by atoms with Gasteiger partial charge in [-0.2, -0.15) is 0 Å². The zero-order valence-corrected chi connectivity index (χ0v) is 21.5. The first-order chi connectivity index (χ1) is 16.9. The average Bonchev–Trinajstić information content (AvgIpc) is 3.51. The molecule has 0 N–H and O–H groups in total. The molecule has 4 aromatic rings. The lowest BCUT2D eigenvalue weighted by molar-refractivity contribution is -0.150. The fourth-order valence-electron chi connectivity index (χ4n) is 3.58. The first-order valence-electron chi connectivity index (χ1n) is 11.5. The molecule has 6 nitrogen and oxygen atoms in total. The van der Waals surface area contributed by atoms with Gasteiger partial charge in [0.2, 0.25) is 0 Å². The fraction of sp³-hybridized carbons (Fsp3) is 0.286. The van der Waals surface area contributed by atoms with Gasteiger partial charge < -0.3 is 18.8 Å². The second kappa shape index (κ2) is 10.8. The molecule has 1 unspecified atom stereocenters. The van der Waals surface area contributed by atoms with Crippen LogP contribution in [0.25, 0.3) is 32.4 Å². The maximum absolute atomic E-state index is 12.6. The van der Waals surface area contributed by atoms with E-state index in [1.54, 1.807) is 25.6 Å². The van der Waals surface area contributed by atoms with Gasteiger partial charge in [0.15, 0.2) is 0 Å². The minimum Gasteiger partial charge on any atom is -0.497 e. The number of nitrogens with zero attached hydrogens (tertiary/aromatic N) is 2. The summed E-state index contributed by atoms with van der Waals surface area (Å²) in [5.41, 5.74) is 3.78. The second-order valence-electron chi connectivity index (χ2n) is 8.61. The van der Waals surface area contributed by atoms with E-state index in [0.717, 1.165) is 43.9 Å². The van der Waals surface area contributed by atoms with E-state index in [4.69, 9.17) is 19.2 Å². The monoisotopic (exact) mass is 490 g/mol. The number of carbonyl (C=O) groups excluding carboxylic acids is 1. The molecular weight excluding hydrogens is 460 g/mol. The molecule has 0 saturated heterocycles. The van der Waals surface area contributed by atoms with Crippen LogP contribution < -0.4 is 9.47 Å². The van der Waals surface area contributed by atoms with Crippen molar-refractivity contribution in [3.63, 3.8) is 0 Å². The van der Waals surface area contributed by atoms with Gasteiger partial charge in [0.05, 0.1) is 30.5 Å². The summed E-state index contributed by atoms with van der Waals surface area (Å²) >= 11 is 1.59. The highest BCUT2D eigenvalue weighted by Gasteiger charge is 2.20. The lowest BCUT2D eigenvalue weighted by atomic mass is 10.1. The van der Waals surface area contributed by atoms with Crippen molar-refractivity contribution in [2.24, 2.45) is 5.92 Å². The molecule has 0 bridgehead atoms. The number of methoxy groups -OCH3 is 2. The Labute approximate surface area is 210 Å². The van der Waals surface area contributed by atoms with E-state index < -0.39 is 0 Å². The molecule has 4 rings (SSSR count). The van der Waals surface area contributed by atoms with Crippen LogP contribution in [0.2, 0.25) is 0 Å². The molecule has 0 fully saturated rings. The third kappa shape index (κ3) is 5.57. The molecule has 2 heterocycles. The molecule has 2 aromatic carbocycles. The third-order valence-electron chi connectivity index (χ3n) is 5.95. The van der Waals surface area contributed by atoms with Gasteiger partial charge in [-0.1, -0.05) is 13.8 Å². The molecule has 0 aliphatic heterocycles. The van der Waals surface area contributed by atoms with E-state index in [1.165, 1.54) is 0 Å². The van der Waals surface area contributed by atoms with Gasteiger partial charge in [-0.3, -0.25) is 4.79 Å². The summed E-state index contributed by atoms with van der Waals surface area (Å²) in [5.74, 6) is 1.60. The Balaban J connectivity index is 1.72. The second-order valence-corrected chi connectivity index (χ2v) is 9.61. The van der Waals surface area contributed by atoms with Crippen LogP contribution in [-0.2, 0) is 16.1 Å². The van der Waals surface area contributed by atoms with Gasteiger partial charge in [0.25, 0.3) is 0 Å². The van der Waals surface area contributed by atoms with Crippen molar-refractivity contribution >= 4 is 17.3 Å². The van der Waals surface area contributed by atoms with E-state index in [0.29, 0.717) is 0 Å². The van der Waals surface area contributed by atoms with E-state index in [9.17, 15) is 4.79 Å². The Morgan fingerprint density at radius 2 is 1.51 bits per heavy atom. The summed E-state index contributed by atoms with van der Waals surface area (Å²) in [6, 6.07) is 19.7. The lowest BCUT2D eigenvalue weighted by Crippen LogP contribution is -2.23. The van der Waals surface area contributed by atoms with Crippen LogP contribution in [0.1, 0.15) is 20.8 Å². The van der Waals surface area contributed by atoms with Gasteiger partial charge in [0, 0.05) is 11.8 Å². The number of aromatic nitrogens is 2. The van der Waals surface area contributed by atoms with Crippen molar-refractivity contribution in [3.8, 4) is 43.9 Å². The number of hydrogen-bond donors (Lipinski definition) is 0. The van der Waals surface area contributed by atoms with Gasteiger partial charge in [0.1, 0.15) is 29.2 Å². The summed E-state index contributed by atoms with van der Waals surface area (Å²) in [6.07, 6.45) is 1.75. The Hall–Kier alpha value is -3.58. The fourth-order valence-corrected chi connectivity index (χ4v) is 4.71. The highest BCUT2D eigenvalue weighted by atomic mass is 32.1. The van der Waals surface area contributed by atoms with Gasteiger partial charge in [-0.05, 0) is 79.1 Å². The number of esters is 1. The molecule has 0 aliphatic carbocycles. The van der Waals surface area contributed by atoms with Gasteiger partial charge in [-0.25, -0.2) is 4.98 Å². The molecule has 0 saturated carbocycles. The molecule has 0 aliphatic rings. The van der Waals surface area contributed by atoms with Crippen LogP contribution in [0.15, 0.2) is 66.9 Å². The maximum Gasteiger partial charge on any atom is 0.326 e. The van der Waals surface area contributed by atoms with Crippen molar-refractivity contribution in [3.05, 3.63) is 66.9 Å². The van der Waals surface area contributed by atoms with Crippen LogP contribution in [0.4, 0.5) is 0 Å². The molecule has 0 spiro atoms. The van der Waals surface area contributed by atoms with E-state index in [2.05, 4.69) is 0 Å². The Morgan fingerprint density at radius 3 is 2.09 bits per heavy atom. The lowest BCUT2D eigenvalue weighted by Gasteiger charge is -2.17. The quantitative estimate of drug-likeness (QED) is 0.249. The minimum absolute atomic E-state index is 0.134. The summed E-state index contributed by atoms with van der Waals surface area (Å²) < 4.78 is 18.1. The number of ether oxygens (including phenoxy) is 3. The molecule has 2 aromatic heterocycles. The molecule has 0 radical (unpaired) electrons. The normalized spacial score (nSPS) is 11.9. The summed E-state index contributed by atoms with van der Waals surface area (Å²) in [6.45, 7) is 6.13. The molecular formula is C28H30N2O4S. The van der Waals surface area contributed by atoms with E-state index in [1.807, 2.05) is 92.2 Å². The topological polar surface area (TPSA) is 62.6 Å². The SMILES string of the molecule is COc1ccc(-c2nc(-c3cccn3CC(=O)OC(C)C(C)C)sc2-c2ccc(OC)cc2)cc1. The van der Waals surface area contributed by atoms with Crippen molar-refractivity contribution < 1.29 is 19.0 Å². The first-order valence-corrected chi connectivity index (χ1v) is 12.4. The molecule has 1 atom stereocenters. The van der Waals surface area contributed by atoms with E-state index >= 15 is 0 Å². The van der Waals surface area contributed by atoms with Crippen LogP contribution >= 0.6 is 11.3 Å². The van der Waals surface area contributed by atoms with Gasteiger partial charge in [-0.15, -0.1) is 11.3 Å². The van der Waals surface area contributed by atoms with Crippen molar-refractivity contribution in [1.82, 2.24) is 9.55 Å². The highest BCUT2D eigenvalue weighted by Crippen LogP contribution is 2.41. The largest absolute Gasteiger partial charge is 0.497 e. The predicted molar refractivity (Wildman–Crippen MR) is 140 cm³/mol. The van der Waals surface area contributed by atoms with Crippen molar-refractivity contribution in [2.75, 3.05) is 14.2 Å². The molecule has 0 amide bonds. The Morgan fingerprint density at radius 1 is 0.914 bits per heavy atom. The smallest absolute Gasteiger partial charge is 0.326 e. The molecule has 35 heavy (non-hydrogen) atoms. The zero-order valence-electron chi connectivity index (χ0n) is 20.6. The number of rotatable bonds is 9. The maximum atomic E-state index is 12.6. The average molecular weight is 491 g/mol. The minimum atomic E-state index is -0.258. The van der Waals surface area contributed by atoms with E-state index in [-0.39, 0.29) is 24.5 Å². The Kier molecular flexibility index (Phi) is 7.56. The number of hydrogen-bond acceptors (Lipinski definition) is 6. The number of carbonyl (C=O) groups is 1. The van der Waals surface area contributed by atoms with Crippen LogP contribution in [0, 0.1) is 5.92 Å². The Bertz CT molecular complexity index is 1210. The summed E-state index contributed by atoms with van der Waals surface area (Å²) in [5, 5.41) is 0.830. The zero-order chi connectivity index (χ0) is 24.9. The van der Waals surface area contributed by atoms with Gasteiger partial charge >= 0.3 is 5.97 Å². The van der Waals surface area contributed by atoms with Crippen LogP contribution in [0.3, 0.4) is 0 Å². The first kappa shape index (κ1) is 24.5. The number of thiazole rings is 1. The van der Waals surface area contributed by atoms with Crippen molar-refractivity contribution in [2.45, 2.75) is 33.4 Å². The van der Waals surface area contributed by atoms with Crippen LogP contribution in [0.5, 0.6) is 11.5 Å². The molecule has 182 valence electrons. The molecule has 7 heteroatoms.